The summed E-state index contributed by atoms with van der Waals surface area (Å²) >= 11 is 0. The first kappa shape index (κ1) is 25.2. The van der Waals surface area contributed by atoms with Gasteiger partial charge in [-0.2, -0.15) is 0 Å². The Morgan fingerprint density at radius 1 is 1.03 bits per heavy atom. The molecule has 2 aromatic rings. The topological polar surface area (TPSA) is 158 Å². The van der Waals surface area contributed by atoms with Gasteiger partial charge in [0.1, 0.15) is 17.4 Å². The highest BCUT2D eigenvalue weighted by Gasteiger charge is 2.62. The quantitative estimate of drug-likeness (QED) is 0.393. The first-order valence-electron chi connectivity index (χ1n) is 12.4. The number of aliphatic hydroxyl groups is 3. The predicted octanol–water partition coefficient (Wildman–Crippen LogP) is 2.71. The second-order valence-electron chi connectivity index (χ2n) is 11.6. The van der Waals surface area contributed by atoms with Gasteiger partial charge < -0.3 is 26.2 Å². The van der Waals surface area contributed by atoms with Crippen molar-refractivity contribution in [2.45, 2.75) is 57.2 Å². The molecular formula is C29H31NO7. The molecule has 1 saturated carbocycles. The predicted molar refractivity (Wildman–Crippen MR) is 135 cm³/mol. The molecule has 8 nitrogen and oxygen atoms in total. The van der Waals surface area contributed by atoms with Gasteiger partial charge in [-0.25, -0.2) is 0 Å². The van der Waals surface area contributed by atoms with Crippen molar-refractivity contribution in [3.63, 3.8) is 0 Å². The van der Waals surface area contributed by atoms with Crippen molar-refractivity contribution in [1.82, 2.24) is 0 Å². The standard InChI is InChI=1S/C29H31NO7/c1-28(2,3)15-6-4-13(5-7-15)17-8-9-19(31)22-18(17)11-14-10-16-12-20(32)23(27(30)36)26(35)29(16,37)25(34)21(14)24(22)33/h4-9,14,16,20,23,31-32,34,37H,10-12H2,1-3H3,(H2,30,36)/t14-,16+,20?,23?,29+/m1/s1. The summed E-state index contributed by atoms with van der Waals surface area (Å²) in [6, 6.07) is 11.2. The van der Waals surface area contributed by atoms with E-state index in [0.29, 0.717) is 5.56 Å². The second-order valence-corrected chi connectivity index (χ2v) is 11.6. The number of phenolic OH excluding ortho intramolecular Hbond substituents is 1. The van der Waals surface area contributed by atoms with E-state index >= 15 is 0 Å². The van der Waals surface area contributed by atoms with Crippen LogP contribution in [-0.4, -0.2) is 49.6 Å². The summed E-state index contributed by atoms with van der Waals surface area (Å²) in [5, 5.41) is 43.6. The number of benzene rings is 2. The number of phenols is 1. The van der Waals surface area contributed by atoms with Gasteiger partial charge in [-0.1, -0.05) is 51.1 Å². The van der Waals surface area contributed by atoms with Crippen LogP contribution in [0.4, 0.5) is 0 Å². The number of aromatic hydroxyl groups is 1. The molecule has 0 heterocycles. The van der Waals surface area contributed by atoms with Crippen LogP contribution in [0.5, 0.6) is 5.75 Å². The van der Waals surface area contributed by atoms with Crippen LogP contribution >= 0.6 is 0 Å². The third kappa shape index (κ3) is 3.61. The summed E-state index contributed by atoms with van der Waals surface area (Å²) in [7, 11) is 0. The minimum Gasteiger partial charge on any atom is -0.508 e. The maximum absolute atomic E-state index is 13.7. The fraction of sp³-hybridized carbons (Fsp3) is 0.414. The molecule has 0 bridgehead atoms. The molecule has 5 rings (SSSR count). The zero-order valence-corrected chi connectivity index (χ0v) is 21.0. The van der Waals surface area contributed by atoms with E-state index < -0.39 is 52.7 Å². The Labute approximate surface area is 214 Å². The first-order chi connectivity index (χ1) is 17.3. The van der Waals surface area contributed by atoms with Gasteiger partial charge in [-0.3, -0.25) is 14.4 Å². The number of Topliss-reactive ketones (excluding diaryl/α,β-unsaturated/α-hetero) is 2. The monoisotopic (exact) mass is 505 g/mol. The Morgan fingerprint density at radius 2 is 1.68 bits per heavy atom. The molecule has 0 radical (unpaired) electrons. The van der Waals surface area contributed by atoms with Crippen LogP contribution in [-0.2, 0) is 21.4 Å². The van der Waals surface area contributed by atoms with Crippen LogP contribution in [0.15, 0.2) is 47.7 Å². The molecule has 5 atom stereocenters. The van der Waals surface area contributed by atoms with Crippen LogP contribution in [0.2, 0.25) is 0 Å². The van der Waals surface area contributed by atoms with E-state index in [1.165, 1.54) is 6.07 Å². The summed E-state index contributed by atoms with van der Waals surface area (Å²) in [6.07, 6.45) is -1.11. The minimum absolute atomic E-state index is 0.0204. The van der Waals surface area contributed by atoms with E-state index in [9.17, 15) is 34.8 Å². The molecule has 37 heavy (non-hydrogen) atoms. The van der Waals surface area contributed by atoms with Crippen molar-refractivity contribution in [3.8, 4) is 16.9 Å². The van der Waals surface area contributed by atoms with Gasteiger partial charge in [-0.05, 0) is 58.9 Å². The van der Waals surface area contributed by atoms with Gasteiger partial charge in [0.2, 0.25) is 5.91 Å². The highest BCUT2D eigenvalue weighted by molar-refractivity contribution is 6.16. The molecule has 3 aliphatic rings. The molecule has 2 unspecified atom stereocenters. The third-order valence-corrected chi connectivity index (χ3v) is 8.33. The van der Waals surface area contributed by atoms with Gasteiger partial charge in [-0.15, -0.1) is 0 Å². The van der Waals surface area contributed by atoms with Gasteiger partial charge in [0.15, 0.2) is 17.2 Å². The van der Waals surface area contributed by atoms with Crippen molar-refractivity contribution in [2.75, 3.05) is 0 Å². The largest absolute Gasteiger partial charge is 0.508 e. The number of carbonyl (C=O) groups is 3. The summed E-state index contributed by atoms with van der Waals surface area (Å²) in [6.45, 7) is 6.35. The number of allylic oxidation sites excluding steroid dienone is 1. The number of fused-ring (bicyclic) bond motifs is 3. The molecule has 1 amide bonds. The van der Waals surface area contributed by atoms with E-state index in [1.807, 2.05) is 24.3 Å². The average molecular weight is 506 g/mol. The number of aliphatic hydroxyl groups excluding tert-OH is 2. The van der Waals surface area contributed by atoms with Crippen molar-refractivity contribution in [2.24, 2.45) is 23.5 Å². The zero-order valence-electron chi connectivity index (χ0n) is 21.0. The summed E-state index contributed by atoms with van der Waals surface area (Å²) in [4.78, 5) is 38.7. The highest BCUT2D eigenvalue weighted by atomic mass is 16.3. The summed E-state index contributed by atoms with van der Waals surface area (Å²) in [5.74, 6) is -7.11. The lowest BCUT2D eigenvalue weighted by Crippen LogP contribution is -2.63. The normalized spacial score (nSPS) is 29.4. The number of primary amides is 1. The Balaban J connectivity index is 1.63. The van der Waals surface area contributed by atoms with E-state index in [2.05, 4.69) is 20.8 Å². The van der Waals surface area contributed by atoms with Crippen molar-refractivity contribution in [1.29, 1.82) is 0 Å². The average Bonchev–Trinajstić information content (AvgIpc) is 2.81. The Bertz CT molecular complexity index is 1370. The fourth-order valence-corrected chi connectivity index (χ4v) is 6.35. The number of hydrogen-bond donors (Lipinski definition) is 5. The molecule has 0 aromatic heterocycles. The Kier molecular flexibility index (Phi) is 5.62. The minimum atomic E-state index is -2.51. The summed E-state index contributed by atoms with van der Waals surface area (Å²) < 4.78 is 0. The maximum atomic E-state index is 13.7. The van der Waals surface area contributed by atoms with E-state index in [-0.39, 0.29) is 41.6 Å². The van der Waals surface area contributed by atoms with E-state index in [4.69, 9.17) is 5.73 Å². The number of rotatable bonds is 2. The van der Waals surface area contributed by atoms with E-state index in [1.54, 1.807) is 6.07 Å². The molecule has 0 saturated heterocycles. The molecule has 8 heteroatoms. The molecule has 3 aliphatic carbocycles. The van der Waals surface area contributed by atoms with Crippen LogP contribution in [0.3, 0.4) is 0 Å². The van der Waals surface area contributed by atoms with Crippen LogP contribution < -0.4 is 5.73 Å². The molecule has 0 aliphatic heterocycles. The number of nitrogens with two attached hydrogens (primary N) is 1. The number of carbonyl (C=O) groups excluding carboxylic acids is 3. The van der Waals surface area contributed by atoms with Crippen molar-refractivity contribution < 1.29 is 34.8 Å². The number of ketones is 2. The molecular weight excluding hydrogens is 474 g/mol. The van der Waals surface area contributed by atoms with Gasteiger partial charge in [0, 0.05) is 11.5 Å². The SMILES string of the molecule is CC(C)(C)c1ccc(-c2ccc(O)c3c2C[C@H]2C[C@H]4CC(O)C(C(N)=O)C(=O)[C@@]4(O)C(O)=C2C3=O)cc1. The third-order valence-electron chi connectivity index (χ3n) is 8.33. The molecule has 2 aromatic carbocycles. The lowest BCUT2D eigenvalue weighted by atomic mass is 9.57. The fourth-order valence-electron chi connectivity index (χ4n) is 6.35. The van der Waals surface area contributed by atoms with Gasteiger partial charge >= 0.3 is 0 Å². The Hall–Kier alpha value is -3.49. The van der Waals surface area contributed by atoms with E-state index in [0.717, 1.165) is 16.7 Å². The van der Waals surface area contributed by atoms with Crippen molar-refractivity contribution in [3.05, 3.63) is 64.4 Å². The maximum Gasteiger partial charge on any atom is 0.230 e. The summed E-state index contributed by atoms with van der Waals surface area (Å²) in [5.41, 5.74) is 6.04. The molecule has 0 spiro atoms. The number of hydrogen-bond acceptors (Lipinski definition) is 7. The smallest absolute Gasteiger partial charge is 0.230 e. The van der Waals surface area contributed by atoms with Crippen LogP contribution in [0.25, 0.3) is 11.1 Å². The molecule has 1 fully saturated rings. The van der Waals surface area contributed by atoms with Crippen LogP contribution in [0, 0.1) is 17.8 Å². The zero-order chi connectivity index (χ0) is 27.0. The van der Waals surface area contributed by atoms with Gasteiger partial charge in [0.05, 0.1) is 11.7 Å². The highest BCUT2D eigenvalue weighted by Crippen LogP contribution is 2.52. The lowest BCUT2D eigenvalue weighted by Gasteiger charge is -2.48. The Morgan fingerprint density at radius 3 is 2.27 bits per heavy atom. The van der Waals surface area contributed by atoms with Gasteiger partial charge in [0.25, 0.3) is 0 Å². The van der Waals surface area contributed by atoms with Crippen LogP contribution in [0.1, 0.15) is 55.1 Å². The first-order valence-corrected chi connectivity index (χ1v) is 12.4. The molecule has 6 N–H and O–H groups in total. The van der Waals surface area contributed by atoms with Crippen molar-refractivity contribution >= 4 is 17.5 Å². The molecule has 194 valence electrons. The number of amides is 1. The second kappa shape index (κ2) is 8.26. The lowest BCUT2D eigenvalue weighted by molar-refractivity contribution is -0.167.